The van der Waals surface area contributed by atoms with Crippen molar-refractivity contribution in [3.63, 3.8) is 0 Å². The highest BCUT2D eigenvalue weighted by molar-refractivity contribution is 7.10. The molecule has 1 aliphatic rings. The highest BCUT2D eigenvalue weighted by Crippen LogP contribution is 2.20. The Kier molecular flexibility index (Phi) is 4.73. The van der Waals surface area contributed by atoms with Crippen molar-refractivity contribution in [2.45, 2.75) is 25.4 Å². The molecule has 0 N–H and O–H groups in total. The van der Waals surface area contributed by atoms with Gasteiger partial charge in [-0.25, -0.2) is 4.39 Å². The van der Waals surface area contributed by atoms with Crippen LogP contribution in [0.15, 0.2) is 41.8 Å². The number of nitrogens with zero attached hydrogens (tertiary/aromatic N) is 1. The third kappa shape index (κ3) is 3.85. The average Bonchev–Trinajstić information content (AvgIpc) is 3.03. The van der Waals surface area contributed by atoms with Crippen LogP contribution in [0.3, 0.4) is 0 Å². The minimum absolute atomic E-state index is 0.0937. The number of rotatable bonds is 4. The van der Waals surface area contributed by atoms with Crippen molar-refractivity contribution in [1.82, 2.24) is 4.90 Å². The number of ether oxygens (including phenoxy) is 1. The number of hydrogen-bond donors (Lipinski definition) is 0. The zero-order valence-electron chi connectivity index (χ0n) is 12.2. The van der Waals surface area contributed by atoms with E-state index in [1.165, 1.54) is 12.1 Å². The molecular formula is C17H18FNO2S. The maximum Gasteiger partial charge on any atom is 0.227 e. The van der Waals surface area contributed by atoms with E-state index in [1.807, 2.05) is 22.4 Å². The summed E-state index contributed by atoms with van der Waals surface area (Å²) in [4.78, 5) is 15.2. The molecule has 2 aromatic rings. The van der Waals surface area contributed by atoms with E-state index < -0.39 is 0 Å². The Hall–Kier alpha value is -1.88. The molecule has 1 aromatic heterocycles. The maximum absolute atomic E-state index is 12.9. The first-order valence-corrected chi connectivity index (χ1v) is 8.31. The topological polar surface area (TPSA) is 29.5 Å². The van der Waals surface area contributed by atoms with Crippen LogP contribution in [0, 0.1) is 5.82 Å². The van der Waals surface area contributed by atoms with E-state index in [-0.39, 0.29) is 17.8 Å². The third-order valence-corrected chi connectivity index (χ3v) is 4.69. The fourth-order valence-corrected chi connectivity index (χ4v) is 3.30. The van der Waals surface area contributed by atoms with Crippen LogP contribution in [0.4, 0.5) is 4.39 Å². The van der Waals surface area contributed by atoms with Crippen molar-refractivity contribution in [2.75, 3.05) is 13.1 Å². The number of benzene rings is 1. The van der Waals surface area contributed by atoms with Gasteiger partial charge in [0, 0.05) is 30.8 Å². The summed E-state index contributed by atoms with van der Waals surface area (Å²) in [5.41, 5.74) is 0. The number of amides is 1. The highest BCUT2D eigenvalue weighted by Gasteiger charge is 2.24. The molecule has 0 bridgehead atoms. The number of hydrogen-bond acceptors (Lipinski definition) is 3. The largest absolute Gasteiger partial charge is 0.490 e. The number of piperidine rings is 1. The molecule has 5 heteroatoms. The number of carbonyl (C=O) groups is 1. The first-order valence-electron chi connectivity index (χ1n) is 7.43. The molecular weight excluding hydrogens is 301 g/mol. The Morgan fingerprint density at radius 2 is 1.95 bits per heavy atom. The Balaban J connectivity index is 1.47. The Morgan fingerprint density at radius 3 is 2.59 bits per heavy atom. The summed E-state index contributed by atoms with van der Waals surface area (Å²) in [6.45, 7) is 1.44. The molecule has 1 fully saturated rings. The summed E-state index contributed by atoms with van der Waals surface area (Å²) in [6, 6.07) is 10.0. The van der Waals surface area contributed by atoms with Crippen LogP contribution in [0.2, 0.25) is 0 Å². The average molecular weight is 319 g/mol. The summed E-state index contributed by atoms with van der Waals surface area (Å²) in [6.07, 6.45) is 2.21. The van der Waals surface area contributed by atoms with Crippen LogP contribution in [0.1, 0.15) is 17.7 Å². The molecule has 1 aliphatic heterocycles. The van der Waals surface area contributed by atoms with Gasteiger partial charge in [0.1, 0.15) is 17.7 Å². The first kappa shape index (κ1) is 15.0. The van der Waals surface area contributed by atoms with Gasteiger partial charge in [-0.05, 0) is 35.7 Å². The van der Waals surface area contributed by atoms with Crippen molar-refractivity contribution >= 4 is 17.2 Å². The van der Waals surface area contributed by atoms with Crippen LogP contribution in [0.5, 0.6) is 5.75 Å². The second-order valence-electron chi connectivity index (χ2n) is 5.41. The highest BCUT2D eigenvalue weighted by atomic mass is 32.1. The maximum atomic E-state index is 12.9. The standard InChI is InChI=1S/C17H18FNO2S/c18-13-3-5-14(6-4-13)21-15-7-9-19(10-8-15)17(20)12-16-2-1-11-22-16/h1-6,11,15H,7-10,12H2. The molecule has 1 amide bonds. The molecule has 0 radical (unpaired) electrons. The molecule has 116 valence electrons. The van der Waals surface area contributed by atoms with Crippen molar-refractivity contribution < 1.29 is 13.9 Å². The van der Waals surface area contributed by atoms with Gasteiger partial charge in [0.25, 0.3) is 0 Å². The van der Waals surface area contributed by atoms with E-state index >= 15 is 0 Å². The number of halogens is 1. The summed E-state index contributed by atoms with van der Waals surface area (Å²) in [5.74, 6) is 0.605. The lowest BCUT2D eigenvalue weighted by Crippen LogP contribution is -2.42. The van der Waals surface area contributed by atoms with Crippen LogP contribution < -0.4 is 4.74 Å². The molecule has 1 aromatic carbocycles. The zero-order valence-corrected chi connectivity index (χ0v) is 13.0. The van der Waals surface area contributed by atoms with Crippen molar-refractivity contribution in [3.05, 3.63) is 52.5 Å². The van der Waals surface area contributed by atoms with Crippen molar-refractivity contribution in [1.29, 1.82) is 0 Å². The second kappa shape index (κ2) is 6.92. The lowest BCUT2D eigenvalue weighted by atomic mass is 10.1. The lowest BCUT2D eigenvalue weighted by molar-refractivity contribution is -0.132. The third-order valence-electron chi connectivity index (χ3n) is 3.82. The Labute approximate surface area is 133 Å². The van der Waals surface area contributed by atoms with E-state index in [4.69, 9.17) is 4.74 Å². The summed E-state index contributed by atoms with van der Waals surface area (Å²) < 4.78 is 18.7. The normalized spacial score (nSPS) is 15.8. The predicted octanol–water partition coefficient (Wildman–Crippen LogP) is 3.50. The van der Waals surface area contributed by atoms with Gasteiger partial charge >= 0.3 is 0 Å². The van der Waals surface area contributed by atoms with Crippen LogP contribution in [-0.2, 0) is 11.2 Å². The molecule has 0 aliphatic carbocycles. The van der Waals surface area contributed by atoms with Gasteiger partial charge in [-0.3, -0.25) is 4.79 Å². The molecule has 0 spiro atoms. The van der Waals surface area contributed by atoms with E-state index in [0.717, 1.165) is 30.8 Å². The molecule has 0 unspecified atom stereocenters. The number of thiophene rings is 1. The first-order chi connectivity index (χ1) is 10.7. The van der Waals surface area contributed by atoms with Crippen LogP contribution in [0.25, 0.3) is 0 Å². The van der Waals surface area contributed by atoms with Gasteiger partial charge in [-0.1, -0.05) is 6.07 Å². The Morgan fingerprint density at radius 1 is 1.23 bits per heavy atom. The molecule has 0 atom stereocenters. The minimum Gasteiger partial charge on any atom is -0.490 e. The second-order valence-corrected chi connectivity index (χ2v) is 6.44. The number of carbonyl (C=O) groups excluding carboxylic acids is 1. The van der Waals surface area contributed by atoms with Crippen molar-refractivity contribution in [2.24, 2.45) is 0 Å². The Bertz CT molecular complexity index is 604. The van der Waals surface area contributed by atoms with Gasteiger partial charge in [0.2, 0.25) is 5.91 Å². The quantitative estimate of drug-likeness (QED) is 0.863. The molecule has 2 heterocycles. The van der Waals surface area contributed by atoms with Gasteiger partial charge in [-0.2, -0.15) is 0 Å². The monoisotopic (exact) mass is 319 g/mol. The van der Waals surface area contributed by atoms with E-state index in [2.05, 4.69) is 0 Å². The van der Waals surface area contributed by atoms with Crippen molar-refractivity contribution in [3.8, 4) is 5.75 Å². The minimum atomic E-state index is -0.263. The van der Waals surface area contributed by atoms with Gasteiger partial charge in [0.05, 0.1) is 6.42 Å². The van der Waals surface area contributed by atoms with Crippen LogP contribution in [-0.4, -0.2) is 30.0 Å². The van der Waals surface area contributed by atoms with Gasteiger partial charge in [0.15, 0.2) is 0 Å². The summed E-state index contributed by atoms with van der Waals surface area (Å²) >= 11 is 1.62. The fourth-order valence-electron chi connectivity index (χ4n) is 2.60. The van der Waals surface area contributed by atoms with Crippen LogP contribution >= 0.6 is 11.3 Å². The lowest BCUT2D eigenvalue weighted by Gasteiger charge is -2.32. The molecule has 3 nitrogen and oxygen atoms in total. The summed E-state index contributed by atoms with van der Waals surface area (Å²) in [5, 5.41) is 1.99. The molecule has 1 saturated heterocycles. The van der Waals surface area contributed by atoms with Gasteiger partial charge in [-0.15, -0.1) is 11.3 Å². The molecule has 0 saturated carbocycles. The number of likely N-dealkylation sites (tertiary alicyclic amines) is 1. The summed E-state index contributed by atoms with van der Waals surface area (Å²) in [7, 11) is 0. The fraction of sp³-hybridized carbons (Fsp3) is 0.353. The van der Waals surface area contributed by atoms with Gasteiger partial charge < -0.3 is 9.64 Å². The molecule has 22 heavy (non-hydrogen) atoms. The van der Waals surface area contributed by atoms with E-state index in [1.54, 1.807) is 23.5 Å². The van der Waals surface area contributed by atoms with E-state index in [0.29, 0.717) is 12.2 Å². The molecule has 3 rings (SSSR count). The predicted molar refractivity (Wildman–Crippen MR) is 84.7 cm³/mol. The SMILES string of the molecule is O=C(Cc1cccs1)N1CCC(Oc2ccc(F)cc2)CC1. The van der Waals surface area contributed by atoms with E-state index in [9.17, 15) is 9.18 Å². The smallest absolute Gasteiger partial charge is 0.227 e. The zero-order chi connectivity index (χ0) is 15.4.